The highest BCUT2D eigenvalue weighted by molar-refractivity contribution is 9.10. The van der Waals surface area contributed by atoms with E-state index in [-0.39, 0.29) is 0 Å². The third-order valence-corrected chi connectivity index (χ3v) is 2.27. The zero-order chi connectivity index (χ0) is 8.43. The lowest BCUT2D eigenvalue weighted by molar-refractivity contribution is 0.108. The van der Waals surface area contributed by atoms with Crippen molar-refractivity contribution >= 4 is 44.4 Å². The molecule has 0 aliphatic rings. The predicted octanol–water partition coefficient (Wildman–Crippen LogP) is 3.48. The molecule has 0 bridgehead atoms. The van der Waals surface area contributed by atoms with Gasteiger partial charge in [0.25, 0.3) is 5.24 Å². The molecule has 11 heavy (non-hydrogen) atoms. The summed E-state index contributed by atoms with van der Waals surface area (Å²) in [7, 11) is 0. The molecule has 58 valence electrons. The van der Waals surface area contributed by atoms with Gasteiger partial charge in [0.05, 0.1) is 0 Å². The number of halogens is 3. The molecule has 1 aromatic carbocycles. The van der Waals surface area contributed by atoms with Crippen molar-refractivity contribution in [1.29, 1.82) is 0 Å². The van der Waals surface area contributed by atoms with Gasteiger partial charge in [0.2, 0.25) is 0 Å². The Morgan fingerprint density at radius 3 is 2.55 bits per heavy atom. The molecule has 4 heteroatoms. The van der Waals surface area contributed by atoms with Crippen molar-refractivity contribution in [3.05, 3.63) is 33.3 Å². The number of benzene rings is 1. The molecule has 0 heterocycles. The molecule has 0 saturated carbocycles. The Kier molecular flexibility index (Phi) is 2.93. The fourth-order valence-electron chi connectivity index (χ4n) is 0.648. The van der Waals surface area contributed by atoms with Crippen molar-refractivity contribution in [2.75, 3.05) is 0 Å². The summed E-state index contributed by atoms with van der Waals surface area (Å²) in [5.74, 6) is 0. The Morgan fingerprint density at radius 1 is 1.45 bits per heavy atom. The molecule has 0 radical (unpaired) electrons. The summed E-state index contributed by atoms with van der Waals surface area (Å²) in [5, 5.41) is -0.0171. The fraction of sp³-hybridized carbons (Fsp3) is 0. The summed E-state index contributed by atoms with van der Waals surface area (Å²) in [4.78, 5) is 10.7. The molecule has 0 saturated heterocycles. The Hall–Kier alpha value is -0.0500. The maximum absolute atomic E-state index is 10.7. The lowest BCUT2D eigenvalue weighted by Gasteiger charge is -1.97. The Balaban J connectivity index is 3.23. The van der Waals surface area contributed by atoms with Crippen LogP contribution in [0.5, 0.6) is 0 Å². The second-order valence-corrected chi connectivity index (χ2v) is 3.53. The van der Waals surface area contributed by atoms with E-state index in [0.717, 1.165) is 0 Å². The summed E-state index contributed by atoms with van der Waals surface area (Å²) >= 11 is 14.0. The third kappa shape index (κ3) is 2.19. The molecule has 1 nitrogen and oxygen atoms in total. The van der Waals surface area contributed by atoms with E-state index in [9.17, 15) is 4.79 Å². The first kappa shape index (κ1) is 9.04. The van der Waals surface area contributed by atoms with Crippen LogP contribution in [-0.4, -0.2) is 5.24 Å². The minimum Gasteiger partial charge on any atom is -0.276 e. The van der Waals surface area contributed by atoms with Crippen molar-refractivity contribution in [3.8, 4) is 0 Å². The standard InChI is InChI=1S/C7H3BrCl2O/c8-6-2-1-4(9)3-5(6)7(10)11/h1-3H. The molecule has 0 amide bonds. The Labute approximate surface area is 82.4 Å². The molecule has 0 aliphatic heterocycles. The van der Waals surface area contributed by atoms with E-state index in [2.05, 4.69) is 15.9 Å². The van der Waals surface area contributed by atoms with Crippen LogP contribution in [0.1, 0.15) is 10.4 Å². The average Bonchev–Trinajstić information content (AvgIpc) is 1.94. The summed E-state index contributed by atoms with van der Waals surface area (Å²) in [6, 6.07) is 4.87. The van der Waals surface area contributed by atoms with Crippen molar-refractivity contribution in [1.82, 2.24) is 0 Å². The molecule has 0 fully saturated rings. The highest BCUT2D eigenvalue weighted by Crippen LogP contribution is 2.22. The van der Waals surface area contributed by atoms with Gasteiger partial charge < -0.3 is 0 Å². The van der Waals surface area contributed by atoms with Crippen LogP contribution in [0.4, 0.5) is 0 Å². The first-order valence-electron chi connectivity index (χ1n) is 2.76. The minimum absolute atomic E-state index is 0.388. The van der Waals surface area contributed by atoms with Gasteiger partial charge in [0.15, 0.2) is 0 Å². The monoisotopic (exact) mass is 252 g/mol. The van der Waals surface area contributed by atoms with Crippen molar-refractivity contribution < 1.29 is 4.79 Å². The maximum atomic E-state index is 10.7. The lowest BCUT2D eigenvalue weighted by atomic mass is 10.2. The van der Waals surface area contributed by atoms with Gasteiger partial charge >= 0.3 is 0 Å². The fourth-order valence-corrected chi connectivity index (χ4v) is 1.52. The zero-order valence-electron chi connectivity index (χ0n) is 5.27. The zero-order valence-corrected chi connectivity index (χ0v) is 8.37. The van der Waals surface area contributed by atoms with Crippen LogP contribution in [0.3, 0.4) is 0 Å². The van der Waals surface area contributed by atoms with E-state index < -0.39 is 5.24 Å². The Morgan fingerprint density at radius 2 is 2.09 bits per heavy atom. The molecule has 0 unspecified atom stereocenters. The normalized spacial score (nSPS) is 9.73. The SMILES string of the molecule is O=C(Cl)c1cc(Cl)ccc1Br. The van der Waals surface area contributed by atoms with E-state index in [0.29, 0.717) is 15.1 Å². The van der Waals surface area contributed by atoms with Gasteiger partial charge in [0, 0.05) is 15.1 Å². The smallest absolute Gasteiger partial charge is 0.253 e. The van der Waals surface area contributed by atoms with Gasteiger partial charge in [-0.05, 0) is 45.7 Å². The second kappa shape index (κ2) is 3.57. The molecular formula is C7H3BrCl2O. The highest BCUT2D eigenvalue weighted by Gasteiger charge is 2.06. The summed E-state index contributed by atoms with van der Waals surface area (Å²) in [5.41, 5.74) is 0.388. The van der Waals surface area contributed by atoms with Gasteiger partial charge in [-0.25, -0.2) is 0 Å². The van der Waals surface area contributed by atoms with Gasteiger partial charge in [-0.1, -0.05) is 11.6 Å². The average molecular weight is 254 g/mol. The molecule has 0 N–H and O–H groups in total. The first-order valence-corrected chi connectivity index (χ1v) is 4.31. The summed E-state index contributed by atoms with van der Waals surface area (Å²) in [6.45, 7) is 0. The number of rotatable bonds is 1. The minimum atomic E-state index is -0.514. The van der Waals surface area contributed by atoms with E-state index >= 15 is 0 Å². The number of hydrogen-bond acceptors (Lipinski definition) is 1. The van der Waals surface area contributed by atoms with E-state index in [1.165, 1.54) is 6.07 Å². The molecule has 0 spiro atoms. The van der Waals surface area contributed by atoms with Crippen LogP contribution in [0, 0.1) is 0 Å². The number of carbonyl (C=O) groups is 1. The molecule has 0 aromatic heterocycles. The van der Waals surface area contributed by atoms with Crippen LogP contribution < -0.4 is 0 Å². The largest absolute Gasteiger partial charge is 0.276 e. The quantitative estimate of drug-likeness (QED) is 0.701. The van der Waals surface area contributed by atoms with Gasteiger partial charge in [-0.3, -0.25) is 4.79 Å². The molecule has 0 aliphatic carbocycles. The van der Waals surface area contributed by atoms with Gasteiger partial charge in [-0.15, -0.1) is 0 Å². The topological polar surface area (TPSA) is 17.1 Å². The van der Waals surface area contributed by atoms with Crippen LogP contribution in [0.25, 0.3) is 0 Å². The molecule has 1 aromatic rings. The Bertz CT molecular complexity index is 298. The number of hydrogen-bond donors (Lipinski definition) is 0. The van der Waals surface area contributed by atoms with E-state index in [4.69, 9.17) is 23.2 Å². The first-order chi connectivity index (χ1) is 5.11. The molecule has 1 rings (SSSR count). The highest BCUT2D eigenvalue weighted by atomic mass is 79.9. The van der Waals surface area contributed by atoms with E-state index in [1.54, 1.807) is 12.1 Å². The summed E-state index contributed by atoms with van der Waals surface area (Å²) < 4.78 is 0.655. The van der Waals surface area contributed by atoms with Crippen molar-refractivity contribution in [2.45, 2.75) is 0 Å². The lowest BCUT2D eigenvalue weighted by Crippen LogP contribution is -1.89. The van der Waals surface area contributed by atoms with E-state index in [1.807, 2.05) is 0 Å². The summed E-state index contributed by atoms with van der Waals surface area (Å²) in [6.07, 6.45) is 0. The third-order valence-electron chi connectivity index (χ3n) is 1.14. The molecule has 0 atom stereocenters. The van der Waals surface area contributed by atoms with Crippen LogP contribution in [0.15, 0.2) is 22.7 Å². The van der Waals surface area contributed by atoms with Gasteiger partial charge in [0.1, 0.15) is 0 Å². The van der Waals surface area contributed by atoms with Gasteiger partial charge in [-0.2, -0.15) is 0 Å². The van der Waals surface area contributed by atoms with Crippen molar-refractivity contribution in [3.63, 3.8) is 0 Å². The molecular weight excluding hydrogens is 251 g/mol. The van der Waals surface area contributed by atoms with Crippen LogP contribution >= 0.6 is 39.1 Å². The predicted molar refractivity (Wildman–Crippen MR) is 49.3 cm³/mol. The van der Waals surface area contributed by atoms with Crippen LogP contribution in [-0.2, 0) is 0 Å². The number of carbonyl (C=O) groups excluding carboxylic acids is 1. The second-order valence-electron chi connectivity index (χ2n) is 1.90. The van der Waals surface area contributed by atoms with Crippen LogP contribution in [0.2, 0.25) is 5.02 Å². The van der Waals surface area contributed by atoms with Crippen molar-refractivity contribution in [2.24, 2.45) is 0 Å². The maximum Gasteiger partial charge on any atom is 0.253 e.